The average Bonchev–Trinajstić information content (AvgIpc) is 2.14. The Balaban J connectivity index is 0.00000256. The van der Waals surface area contributed by atoms with Gasteiger partial charge in [-0.15, -0.1) is 12.4 Å². The van der Waals surface area contributed by atoms with Crippen LogP contribution in [0.5, 0.6) is 0 Å². The quantitative estimate of drug-likeness (QED) is 0.572. The van der Waals surface area contributed by atoms with Gasteiger partial charge in [0, 0.05) is 0 Å². The molecule has 0 aliphatic rings. The van der Waals surface area contributed by atoms with E-state index in [1.54, 1.807) is 5.43 Å². The fourth-order valence-electron chi connectivity index (χ4n) is 0.842. The summed E-state index contributed by atoms with van der Waals surface area (Å²) in [6.45, 7) is 0. The highest BCUT2D eigenvalue weighted by Crippen LogP contribution is 2.31. The predicted octanol–water partition coefficient (Wildman–Crippen LogP) is 2.26. The van der Waals surface area contributed by atoms with Crippen LogP contribution in [0.1, 0.15) is 5.56 Å². The lowest BCUT2D eigenvalue weighted by atomic mass is 10.2. The summed E-state index contributed by atoms with van der Waals surface area (Å²) >= 11 is 0. The maximum Gasteiger partial charge on any atom is 0.423 e. The number of carboxylic acid groups (broad SMARTS) is 1. The van der Waals surface area contributed by atoms with Crippen molar-refractivity contribution in [2.75, 3.05) is 5.43 Å². The van der Waals surface area contributed by atoms with Crippen molar-refractivity contribution < 1.29 is 27.5 Å². The molecule has 10 heteroatoms. The van der Waals surface area contributed by atoms with Crippen LogP contribution in [-0.4, -0.2) is 16.2 Å². The van der Waals surface area contributed by atoms with E-state index in [1.165, 1.54) is 0 Å². The highest BCUT2D eigenvalue weighted by molar-refractivity contribution is 5.85. The maximum absolute atomic E-state index is 12.7. The number of carbonyl (C=O) groups is 1. The van der Waals surface area contributed by atoms with Gasteiger partial charge in [0.25, 0.3) is 0 Å². The predicted molar refractivity (Wildman–Crippen MR) is 51.2 cm³/mol. The smallest absolute Gasteiger partial charge is 0.423 e. The van der Waals surface area contributed by atoms with Crippen LogP contribution in [0, 0.1) is 5.82 Å². The van der Waals surface area contributed by atoms with E-state index in [4.69, 9.17) is 5.11 Å². The molecule has 1 aromatic rings. The highest BCUT2D eigenvalue weighted by Gasteiger charge is 2.34. The fraction of sp³-hybridized carbons (Fsp3) is 0.143. The zero-order chi connectivity index (χ0) is 12.3. The van der Waals surface area contributed by atoms with E-state index in [9.17, 15) is 22.4 Å². The van der Waals surface area contributed by atoms with Gasteiger partial charge in [0.15, 0.2) is 5.82 Å². The molecule has 0 atom stereocenters. The van der Waals surface area contributed by atoms with E-state index < -0.39 is 29.5 Å². The number of pyridine rings is 1. The number of alkyl halides is 3. The van der Waals surface area contributed by atoms with Gasteiger partial charge < -0.3 is 5.11 Å². The number of hydrogen-bond acceptors (Lipinski definition) is 3. The molecule has 0 spiro atoms. The number of anilines is 1. The van der Waals surface area contributed by atoms with Gasteiger partial charge in [0.1, 0.15) is 5.82 Å². The third-order valence-corrected chi connectivity index (χ3v) is 1.46. The second-order valence-corrected chi connectivity index (χ2v) is 2.60. The average molecular weight is 276 g/mol. The summed E-state index contributed by atoms with van der Waals surface area (Å²) in [6.07, 6.45) is -6.04. The van der Waals surface area contributed by atoms with Crippen LogP contribution < -0.4 is 10.9 Å². The Morgan fingerprint density at radius 3 is 2.47 bits per heavy atom. The lowest BCUT2D eigenvalue weighted by Gasteiger charge is -2.10. The molecule has 1 aromatic heterocycles. The van der Waals surface area contributed by atoms with Gasteiger partial charge in [-0.05, 0) is 6.07 Å². The van der Waals surface area contributed by atoms with Gasteiger partial charge >= 0.3 is 12.3 Å². The molecular formula is C7H6ClF4N3O2. The number of halogens is 5. The monoisotopic (exact) mass is 275 g/mol. The summed E-state index contributed by atoms with van der Waals surface area (Å²) in [5, 5.41) is 8.16. The topological polar surface area (TPSA) is 74.2 Å². The maximum atomic E-state index is 12.7. The Morgan fingerprint density at radius 1 is 1.41 bits per heavy atom. The number of nitrogens with one attached hydrogen (secondary N) is 2. The first kappa shape index (κ1) is 15.2. The molecule has 0 unspecified atom stereocenters. The van der Waals surface area contributed by atoms with E-state index in [0.717, 1.165) is 0 Å². The number of hydrogen-bond donors (Lipinski definition) is 3. The van der Waals surface area contributed by atoms with E-state index in [1.807, 2.05) is 5.43 Å². The summed E-state index contributed by atoms with van der Waals surface area (Å²) in [6, 6.07) is 0.352. The minimum absolute atomic E-state index is 0. The van der Waals surface area contributed by atoms with E-state index in [0.29, 0.717) is 12.3 Å². The fourth-order valence-corrected chi connectivity index (χ4v) is 0.842. The van der Waals surface area contributed by atoms with E-state index >= 15 is 0 Å². The Morgan fingerprint density at radius 2 is 2.00 bits per heavy atom. The Kier molecular flexibility index (Phi) is 4.95. The minimum atomic E-state index is -4.87. The molecule has 0 aliphatic heterocycles. The van der Waals surface area contributed by atoms with Crippen molar-refractivity contribution in [3.63, 3.8) is 0 Å². The first-order chi connectivity index (χ1) is 7.30. The molecule has 1 heterocycles. The number of rotatable bonds is 2. The van der Waals surface area contributed by atoms with Gasteiger partial charge in [0.05, 0.1) is 11.8 Å². The molecule has 0 aliphatic carbocycles. The first-order valence-electron chi connectivity index (χ1n) is 3.78. The Labute approximate surface area is 98.2 Å². The number of amides is 1. The van der Waals surface area contributed by atoms with Crippen LogP contribution in [0.2, 0.25) is 0 Å². The van der Waals surface area contributed by atoms with Crippen molar-refractivity contribution in [3.05, 3.63) is 23.6 Å². The summed E-state index contributed by atoms with van der Waals surface area (Å²) in [5.74, 6) is -2.00. The molecule has 5 nitrogen and oxygen atoms in total. The summed E-state index contributed by atoms with van der Waals surface area (Å²) in [7, 11) is 0. The van der Waals surface area contributed by atoms with Gasteiger partial charge in [-0.3, -0.25) is 5.43 Å². The molecule has 0 saturated heterocycles. The lowest BCUT2D eigenvalue weighted by molar-refractivity contribution is -0.140. The van der Waals surface area contributed by atoms with Crippen molar-refractivity contribution in [1.82, 2.24) is 10.4 Å². The molecular weight excluding hydrogens is 270 g/mol. The second-order valence-electron chi connectivity index (χ2n) is 2.60. The normalized spacial score (nSPS) is 10.4. The zero-order valence-corrected chi connectivity index (χ0v) is 8.69. The van der Waals surface area contributed by atoms with Gasteiger partial charge in [-0.2, -0.15) is 13.2 Å². The molecule has 1 rings (SSSR count). The van der Waals surface area contributed by atoms with Crippen LogP contribution in [0.25, 0.3) is 0 Å². The molecule has 0 fully saturated rings. The van der Waals surface area contributed by atoms with Crippen molar-refractivity contribution in [1.29, 1.82) is 0 Å². The Bertz CT molecular complexity index is 413. The SMILES string of the molecule is Cl.O=C(O)NNc1cc(C(F)(F)F)c(F)cn1. The first-order valence-corrected chi connectivity index (χ1v) is 3.78. The van der Waals surface area contributed by atoms with Gasteiger partial charge in [0.2, 0.25) is 0 Å². The van der Waals surface area contributed by atoms with Crippen LogP contribution >= 0.6 is 12.4 Å². The van der Waals surface area contributed by atoms with Crippen molar-refractivity contribution in [3.8, 4) is 0 Å². The second kappa shape index (κ2) is 5.53. The van der Waals surface area contributed by atoms with Crippen LogP contribution in [0.4, 0.5) is 28.2 Å². The lowest BCUT2D eigenvalue weighted by Crippen LogP contribution is -2.28. The molecule has 1 amide bonds. The zero-order valence-electron chi connectivity index (χ0n) is 7.88. The van der Waals surface area contributed by atoms with Crippen LogP contribution in [0.3, 0.4) is 0 Å². The van der Waals surface area contributed by atoms with Gasteiger partial charge in [-0.25, -0.2) is 19.6 Å². The summed E-state index contributed by atoms with van der Waals surface area (Å²) in [4.78, 5) is 13.2. The van der Waals surface area contributed by atoms with Crippen molar-refractivity contribution in [2.45, 2.75) is 6.18 Å². The van der Waals surface area contributed by atoms with Crippen LogP contribution in [0.15, 0.2) is 12.3 Å². The van der Waals surface area contributed by atoms with Gasteiger partial charge in [-0.1, -0.05) is 0 Å². The third kappa shape index (κ3) is 4.31. The molecule has 96 valence electrons. The molecule has 0 aromatic carbocycles. The molecule has 0 radical (unpaired) electrons. The summed E-state index contributed by atoms with van der Waals surface area (Å²) in [5.41, 5.74) is 1.90. The highest BCUT2D eigenvalue weighted by atomic mass is 35.5. The van der Waals surface area contributed by atoms with E-state index in [-0.39, 0.29) is 12.4 Å². The van der Waals surface area contributed by atoms with E-state index in [2.05, 4.69) is 4.98 Å². The van der Waals surface area contributed by atoms with Crippen molar-refractivity contribution in [2.24, 2.45) is 0 Å². The minimum Gasteiger partial charge on any atom is -0.464 e. The molecule has 0 saturated carbocycles. The molecule has 3 N–H and O–H groups in total. The Hall–Kier alpha value is -1.77. The van der Waals surface area contributed by atoms with Crippen molar-refractivity contribution >= 4 is 24.3 Å². The van der Waals surface area contributed by atoms with Crippen LogP contribution in [-0.2, 0) is 6.18 Å². The number of hydrazine groups is 1. The standard InChI is InChI=1S/C7H5F4N3O2.ClH/c8-4-2-12-5(13-14-6(15)16)1-3(4)7(9,10)11;/h1-2,14H,(H,12,13)(H,15,16);1H. The third-order valence-electron chi connectivity index (χ3n) is 1.46. The molecule has 0 bridgehead atoms. The largest absolute Gasteiger partial charge is 0.464 e. The summed E-state index contributed by atoms with van der Waals surface area (Å²) < 4.78 is 49.3. The molecule has 17 heavy (non-hydrogen) atoms. The number of aromatic nitrogens is 1. The number of nitrogens with zero attached hydrogens (tertiary/aromatic N) is 1.